The standard InChI is InChI=1S/C58H38NO3P/c1-57(2)43-21-9-6-18-37(43)40-33-50-41(31-47(40)57)38-19-7-12-24-49(38)59(50)35-28-29-45-54(30-35)62-52-26-14-10-22-44(52)58(45)46-23-11-15-27-55(46)63(60,36-16-4-3-5-17-36)56-34-53-42(32-48(56)58)39-20-8-13-25-51(39)61-53/h3-34H,1-2H3. The van der Waals surface area contributed by atoms with Gasteiger partial charge in [-0.15, -0.1) is 0 Å². The Morgan fingerprint density at radius 1 is 0.444 bits per heavy atom. The minimum atomic E-state index is -3.46. The molecule has 14 rings (SSSR count). The number of benzene rings is 9. The van der Waals surface area contributed by atoms with Crippen molar-refractivity contribution in [3.8, 4) is 28.3 Å². The van der Waals surface area contributed by atoms with Crippen LogP contribution in [-0.4, -0.2) is 4.57 Å². The third-order valence-corrected chi connectivity index (χ3v) is 17.7. The first kappa shape index (κ1) is 35.2. The van der Waals surface area contributed by atoms with Crippen molar-refractivity contribution in [2.45, 2.75) is 24.7 Å². The van der Waals surface area contributed by atoms with Gasteiger partial charge in [-0.3, -0.25) is 0 Å². The molecule has 0 radical (unpaired) electrons. The molecule has 4 nitrogen and oxygen atoms in total. The maximum Gasteiger partial charge on any atom is 0.171 e. The Bertz CT molecular complexity index is 3850. The van der Waals surface area contributed by atoms with Crippen LogP contribution in [0.15, 0.2) is 199 Å². The highest BCUT2D eigenvalue weighted by molar-refractivity contribution is 7.85. The molecule has 4 heterocycles. The summed E-state index contributed by atoms with van der Waals surface area (Å²) in [4.78, 5) is 0. The van der Waals surface area contributed by atoms with Crippen LogP contribution < -0.4 is 20.7 Å². The van der Waals surface area contributed by atoms with Gasteiger partial charge in [-0.25, -0.2) is 0 Å². The van der Waals surface area contributed by atoms with E-state index < -0.39 is 12.6 Å². The number of rotatable bonds is 2. The molecule has 298 valence electrons. The third kappa shape index (κ3) is 4.34. The lowest BCUT2D eigenvalue weighted by Crippen LogP contribution is -2.48. The zero-order valence-electron chi connectivity index (χ0n) is 34.6. The summed E-state index contributed by atoms with van der Waals surface area (Å²) in [5, 5.41) is 6.87. The summed E-state index contributed by atoms with van der Waals surface area (Å²) in [5.41, 5.74) is 13.1. The second kappa shape index (κ2) is 12.2. The van der Waals surface area contributed by atoms with Crippen LogP contribution in [0.25, 0.3) is 60.6 Å². The Balaban J connectivity index is 1.09. The van der Waals surface area contributed by atoms with Crippen LogP contribution in [0.5, 0.6) is 11.5 Å². The number of hydrogen-bond acceptors (Lipinski definition) is 3. The Kier molecular flexibility index (Phi) is 6.80. The van der Waals surface area contributed by atoms with Gasteiger partial charge in [0.1, 0.15) is 22.7 Å². The Hall–Kier alpha value is -7.39. The normalized spacial score (nSPS) is 18.8. The molecule has 1 spiro atoms. The van der Waals surface area contributed by atoms with Gasteiger partial charge >= 0.3 is 0 Å². The molecule has 5 heteroatoms. The molecule has 0 N–H and O–H groups in total. The van der Waals surface area contributed by atoms with E-state index in [1.54, 1.807) is 0 Å². The van der Waals surface area contributed by atoms with Crippen LogP contribution >= 0.6 is 7.14 Å². The molecule has 11 aromatic rings. The van der Waals surface area contributed by atoms with Crippen molar-refractivity contribution in [2.75, 3.05) is 0 Å². The average Bonchev–Trinajstić information content (AvgIpc) is 3.94. The zero-order valence-corrected chi connectivity index (χ0v) is 35.5. The lowest BCUT2D eigenvalue weighted by Gasteiger charge is -2.47. The zero-order chi connectivity index (χ0) is 41.8. The molecule has 63 heavy (non-hydrogen) atoms. The highest BCUT2D eigenvalue weighted by atomic mass is 31.2. The molecule has 0 saturated heterocycles. The molecule has 2 aliphatic heterocycles. The summed E-state index contributed by atoms with van der Waals surface area (Å²) >= 11 is 0. The van der Waals surface area contributed by atoms with Crippen molar-refractivity contribution in [3.63, 3.8) is 0 Å². The second-order valence-corrected chi connectivity index (χ2v) is 20.6. The van der Waals surface area contributed by atoms with Gasteiger partial charge in [0.2, 0.25) is 0 Å². The first-order valence-electron chi connectivity index (χ1n) is 21.7. The summed E-state index contributed by atoms with van der Waals surface area (Å²) in [6, 6.07) is 68.5. The molecule has 2 unspecified atom stereocenters. The summed E-state index contributed by atoms with van der Waals surface area (Å²) < 4.78 is 32.7. The van der Waals surface area contributed by atoms with Crippen molar-refractivity contribution < 1.29 is 13.7 Å². The molecule has 0 amide bonds. The van der Waals surface area contributed by atoms with Crippen molar-refractivity contribution in [3.05, 3.63) is 228 Å². The SMILES string of the molecule is CC1(C)c2ccccc2-c2cc3c(cc21)c1ccccc1n3-c1ccc2c(c1)Oc1ccccc1C21c2ccccc2P(=O)(c2ccccc2)c2cc3oc4ccccc4c3cc21. The maximum atomic E-state index is 16.6. The predicted octanol–water partition coefficient (Wildman–Crippen LogP) is 13.4. The largest absolute Gasteiger partial charge is 0.457 e. The smallest absolute Gasteiger partial charge is 0.171 e. The van der Waals surface area contributed by atoms with Crippen molar-refractivity contribution in [1.82, 2.24) is 4.57 Å². The number of ether oxygens (including phenoxy) is 1. The molecule has 3 aliphatic rings. The second-order valence-electron chi connectivity index (χ2n) is 17.9. The van der Waals surface area contributed by atoms with E-state index in [4.69, 9.17) is 9.15 Å². The number of fused-ring (bicyclic) bond motifs is 17. The van der Waals surface area contributed by atoms with E-state index in [0.717, 1.165) is 88.3 Å². The molecule has 0 bridgehead atoms. The van der Waals surface area contributed by atoms with Gasteiger partial charge in [0.05, 0.1) is 16.4 Å². The molecular weight excluding hydrogens is 790 g/mol. The first-order chi connectivity index (χ1) is 30.9. The van der Waals surface area contributed by atoms with Gasteiger partial charge < -0.3 is 18.3 Å². The minimum Gasteiger partial charge on any atom is -0.457 e. The van der Waals surface area contributed by atoms with Crippen molar-refractivity contribution in [1.29, 1.82) is 0 Å². The highest BCUT2D eigenvalue weighted by Crippen LogP contribution is 2.62. The van der Waals surface area contributed by atoms with Crippen molar-refractivity contribution >= 4 is 66.8 Å². The van der Waals surface area contributed by atoms with Crippen LogP contribution in [0.4, 0.5) is 0 Å². The lowest BCUT2D eigenvalue weighted by molar-refractivity contribution is 0.435. The number of furan rings is 1. The Morgan fingerprint density at radius 2 is 1.13 bits per heavy atom. The van der Waals surface area contributed by atoms with E-state index >= 15 is 4.57 Å². The van der Waals surface area contributed by atoms with Gasteiger partial charge in [0.25, 0.3) is 0 Å². The summed E-state index contributed by atoms with van der Waals surface area (Å²) in [6.07, 6.45) is 0. The van der Waals surface area contributed by atoms with E-state index in [0.29, 0.717) is 0 Å². The molecule has 2 atom stereocenters. The Morgan fingerprint density at radius 3 is 2.00 bits per heavy atom. The van der Waals surface area contributed by atoms with Crippen LogP contribution in [0.1, 0.15) is 47.2 Å². The summed E-state index contributed by atoms with van der Waals surface area (Å²) in [6.45, 7) is 4.69. The number of para-hydroxylation sites is 3. The van der Waals surface area contributed by atoms with Crippen molar-refractivity contribution in [2.24, 2.45) is 0 Å². The predicted molar refractivity (Wildman–Crippen MR) is 257 cm³/mol. The Labute approximate surface area is 364 Å². The van der Waals surface area contributed by atoms with Crippen LogP contribution in [-0.2, 0) is 15.4 Å². The quantitative estimate of drug-likeness (QED) is 0.163. The molecule has 2 aromatic heterocycles. The molecule has 0 fully saturated rings. The number of aromatic nitrogens is 1. The molecule has 0 saturated carbocycles. The van der Waals surface area contributed by atoms with Crippen LogP contribution in [0.2, 0.25) is 0 Å². The third-order valence-electron chi connectivity index (χ3n) is 14.5. The molecule has 9 aromatic carbocycles. The fourth-order valence-electron chi connectivity index (χ4n) is 11.8. The fourth-order valence-corrected chi connectivity index (χ4v) is 14.9. The number of nitrogens with zero attached hydrogens (tertiary/aromatic N) is 1. The van der Waals surface area contributed by atoms with Gasteiger partial charge in [0.15, 0.2) is 7.14 Å². The van der Waals surface area contributed by atoms with Gasteiger partial charge in [0, 0.05) is 65.8 Å². The summed E-state index contributed by atoms with van der Waals surface area (Å²) in [7, 11) is -3.46. The van der Waals surface area contributed by atoms with E-state index in [-0.39, 0.29) is 5.41 Å². The van der Waals surface area contributed by atoms with Gasteiger partial charge in [-0.1, -0.05) is 153 Å². The topological polar surface area (TPSA) is 44.4 Å². The van der Waals surface area contributed by atoms with E-state index in [1.165, 1.54) is 33.0 Å². The van der Waals surface area contributed by atoms with Gasteiger partial charge in [-0.2, -0.15) is 0 Å². The minimum absolute atomic E-state index is 0.115. The molecule has 1 aliphatic carbocycles. The first-order valence-corrected chi connectivity index (χ1v) is 23.4. The van der Waals surface area contributed by atoms with Crippen LogP contribution in [0.3, 0.4) is 0 Å². The fraction of sp³-hybridized carbons (Fsp3) is 0.0690. The van der Waals surface area contributed by atoms with E-state index in [2.05, 4.69) is 158 Å². The average molecular weight is 828 g/mol. The van der Waals surface area contributed by atoms with E-state index in [1.807, 2.05) is 54.6 Å². The van der Waals surface area contributed by atoms with E-state index in [9.17, 15) is 0 Å². The lowest BCUT2D eigenvalue weighted by atomic mass is 9.63. The monoisotopic (exact) mass is 827 g/mol. The maximum absolute atomic E-state index is 16.6. The number of hydrogen-bond donors (Lipinski definition) is 0. The summed E-state index contributed by atoms with van der Waals surface area (Å²) in [5.74, 6) is 1.54. The highest BCUT2D eigenvalue weighted by Gasteiger charge is 2.55. The molecular formula is C58H38NO3P. The van der Waals surface area contributed by atoms with Gasteiger partial charge in [-0.05, 0) is 81.9 Å². The van der Waals surface area contributed by atoms with Crippen LogP contribution in [0, 0.1) is 0 Å².